The van der Waals surface area contributed by atoms with E-state index in [2.05, 4.69) is 13.5 Å². The fourth-order valence-corrected chi connectivity index (χ4v) is 4.75. The molecule has 0 aromatic heterocycles. The van der Waals surface area contributed by atoms with Crippen molar-refractivity contribution in [3.05, 3.63) is 95.6 Å². The molecule has 3 aromatic rings. The maximum Gasteiger partial charge on any atom is 0.346 e. The van der Waals surface area contributed by atoms with Crippen LogP contribution < -0.4 is 9.47 Å². The highest BCUT2D eigenvalue weighted by atomic mass is 19.2. The first-order valence-electron chi connectivity index (χ1n) is 12.8. The molecule has 1 aliphatic rings. The van der Waals surface area contributed by atoms with Crippen molar-refractivity contribution in [2.75, 3.05) is 6.61 Å². The van der Waals surface area contributed by atoms with Crippen molar-refractivity contribution in [1.82, 2.24) is 0 Å². The van der Waals surface area contributed by atoms with Gasteiger partial charge in [0, 0.05) is 5.56 Å². The van der Waals surface area contributed by atoms with Crippen LogP contribution in [-0.2, 0) is 0 Å². The number of ether oxygens (including phenoxy) is 2. The first kappa shape index (κ1) is 27.4. The zero-order chi connectivity index (χ0) is 27.2. The molecule has 1 fully saturated rings. The molecule has 0 amide bonds. The molecule has 1 aliphatic carbocycles. The third-order valence-corrected chi connectivity index (χ3v) is 7.02. The maximum absolute atomic E-state index is 14.8. The molecule has 0 spiro atoms. The van der Waals surface area contributed by atoms with Gasteiger partial charge in [0.15, 0.2) is 23.2 Å². The number of benzene rings is 3. The Kier molecular flexibility index (Phi) is 8.87. The van der Waals surface area contributed by atoms with Crippen molar-refractivity contribution >= 4 is 5.97 Å². The molecule has 0 N–H and O–H groups in total. The Morgan fingerprint density at radius 2 is 1.61 bits per heavy atom. The normalized spacial score (nSPS) is 17.2. The van der Waals surface area contributed by atoms with Crippen LogP contribution in [0.25, 0.3) is 11.1 Å². The lowest BCUT2D eigenvalue weighted by atomic mass is 9.79. The third kappa shape index (κ3) is 6.09. The standard InChI is InChI=1S/C31H30F4O3/c1-3-4-5-18-37-26-17-16-24(28(33)30(26)35)21-10-12-22(13-11-21)38-31(36)25-15-14-23(27(32)29(25)34)20-8-6-19(2)7-9-20/h3,10-17,19-20H,1,4-9,18H2,2H3. The van der Waals surface area contributed by atoms with Gasteiger partial charge in [-0.1, -0.05) is 44.0 Å². The molecule has 0 unspecified atom stereocenters. The number of rotatable bonds is 9. The van der Waals surface area contributed by atoms with Crippen LogP contribution in [0.4, 0.5) is 17.6 Å². The minimum absolute atomic E-state index is 0.000344. The quantitative estimate of drug-likeness (QED) is 0.0919. The summed E-state index contributed by atoms with van der Waals surface area (Å²) in [6.07, 6.45) is 6.52. The highest BCUT2D eigenvalue weighted by Crippen LogP contribution is 2.37. The summed E-state index contributed by atoms with van der Waals surface area (Å²) in [6.45, 7) is 5.97. The van der Waals surface area contributed by atoms with Gasteiger partial charge >= 0.3 is 5.97 Å². The molecule has 3 aromatic carbocycles. The smallest absolute Gasteiger partial charge is 0.346 e. The molecule has 0 aliphatic heterocycles. The summed E-state index contributed by atoms with van der Waals surface area (Å²) < 4.78 is 69.3. The van der Waals surface area contributed by atoms with Gasteiger partial charge in [-0.25, -0.2) is 18.0 Å². The number of hydrogen-bond donors (Lipinski definition) is 0. The Hall–Kier alpha value is -3.61. The van der Waals surface area contributed by atoms with Gasteiger partial charge in [-0.05, 0) is 79.0 Å². The van der Waals surface area contributed by atoms with Crippen molar-refractivity contribution in [1.29, 1.82) is 0 Å². The summed E-state index contributed by atoms with van der Waals surface area (Å²) in [4.78, 5) is 12.6. The predicted octanol–water partition coefficient (Wildman–Crippen LogP) is 8.77. The summed E-state index contributed by atoms with van der Waals surface area (Å²) in [5.74, 6) is -5.09. The fraction of sp³-hybridized carbons (Fsp3) is 0.323. The van der Waals surface area contributed by atoms with E-state index in [0.717, 1.165) is 25.7 Å². The van der Waals surface area contributed by atoms with Gasteiger partial charge in [0.1, 0.15) is 5.75 Å². The molecule has 7 heteroatoms. The topological polar surface area (TPSA) is 35.5 Å². The lowest BCUT2D eigenvalue weighted by Crippen LogP contribution is -2.16. The van der Waals surface area contributed by atoms with Crippen molar-refractivity contribution in [3.63, 3.8) is 0 Å². The van der Waals surface area contributed by atoms with E-state index >= 15 is 0 Å². The van der Waals surface area contributed by atoms with Gasteiger partial charge in [-0.15, -0.1) is 6.58 Å². The van der Waals surface area contributed by atoms with Crippen LogP contribution in [-0.4, -0.2) is 12.6 Å². The Morgan fingerprint density at radius 1 is 0.895 bits per heavy atom. The van der Waals surface area contributed by atoms with Gasteiger partial charge in [-0.2, -0.15) is 4.39 Å². The molecular formula is C31H30F4O3. The molecule has 1 saturated carbocycles. The third-order valence-electron chi connectivity index (χ3n) is 7.02. The summed E-state index contributed by atoms with van der Waals surface area (Å²) in [6, 6.07) is 11.1. The fourth-order valence-electron chi connectivity index (χ4n) is 4.75. The number of halogens is 4. The van der Waals surface area contributed by atoms with Gasteiger partial charge < -0.3 is 9.47 Å². The second-order valence-corrected chi connectivity index (χ2v) is 9.72. The van der Waals surface area contributed by atoms with Crippen LogP contribution in [0.3, 0.4) is 0 Å². The van der Waals surface area contributed by atoms with E-state index in [9.17, 15) is 22.4 Å². The lowest BCUT2D eigenvalue weighted by Gasteiger charge is -2.27. The number of carbonyl (C=O) groups is 1. The number of esters is 1. The van der Waals surface area contributed by atoms with Crippen LogP contribution in [0.1, 0.15) is 67.3 Å². The molecule has 3 nitrogen and oxygen atoms in total. The van der Waals surface area contributed by atoms with Gasteiger partial charge in [0.2, 0.25) is 5.82 Å². The number of unbranched alkanes of at least 4 members (excludes halogenated alkanes) is 1. The Labute approximate surface area is 220 Å². The summed E-state index contributed by atoms with van der Waals surface area (Å²) in [5.41, 5.74) is 0.122. The van der Waals surface area contributed by atoms with Crippen molar-refractivity contribution in [2.45, 2.75) is 51.4 Å². The van der Waals surface area contributed by atoms with E-state index in [-0.39, 0.29) is 35.2 Å². The zero-order valence-electron chi connectivity index (χ0n) is 21.2. The second kappa shape index (κ2) is 12.3. The van der Waals surface area contributed by atoms with E-state index < -0.39 is 34.8 Å². The Morgan fingerprint density at radius 3 is 2.29 bits per heavy atom. The summed E-state index contributed by atoms with van der Waals surface area (Å²) in [7, 11) is 0. The molecule has 0 heterocycles. The Balaban J connectivity index is 1.44. The van der Waals surface area contributed by atoms with E-state index in [1.165, 1.54) is 48.5 Å². The SMILES string of the molecule is C=CCCCOc1ccc(-c2ccc(OC(=O)c3ccc(C4CCC(C)CC4)c(F)c3F)cc2)c(F)c1F. The lowest BCUT2D eigenvalue weighted by molar-refractivity contribution is 0.0728. The number of allylic oxidation sites excluding steroid dienone is 1. The van der Waals surface area contributed by atoms with E-state index in [0.29, 0.717) is 24.3 Å². The largest absolute Gasteiger partial charge is 0.490 e. The number of hydrogen-bond acceptors (Lipinski definition) is 3. The maximum atomic E-state index is 14.8. The van der Waals surface area contributed by atoms with Crippen molar-refractivity contribution < 1.29 is 31.8 Å². The molecule has 38 heavy (non-hydrogen) atoms. The molecule has 0 bridgehead atoms. The monoisotopic (exact) mass is 526 g/mol. The van der Waals surface area contributed by atoms with Gasteiger partial charge in [-0.3, -0.25) is 0 Å². The number of carbonyl (C=O) groups excluding carboxylic acids is 1. The molecule has 4 rings (SSSR count). The highest BCUT2D eigenvalue weighted by Gasteiger charge is 2.27. The molecule has 0 atom stereocenters. The zero-order valence-corrected chi connectivity index (χ0v) is 21.2. The van der Waals surface area contributed by atoms with Crippen molar-refractivity contribution in [2.24, 2.45) is 5.92 Å². The van der Waals surface area contributed by atoms with Crippen molar-refractivity contribution in [3.8, 4) is 22.6 Å². The predicted molar refractivity (Wildman–Crippen MR) is 138 cm³/mol. The van der Waals surface area contributed by atoms with Crippen LogP contribution in [0.5, 0.6) is 11.5 Å². The minimum Gasteiger partial charge on any atom is -0.490 e. The highest BCUT2D eigenvalue weighted by molar-refractivity contribution is 5.91. The molecule has 200 valence electrons. The van der Waals surface area contributed by atoms with E-state index in [4.69, 9.17) is 9.47 Å². The van der Waals surface area contributed by atoms with E-state index in [1.54, 1.807) is 6.08 Å². The van der Waals surface area contributed by atoms with Crippen LogP contribution >= 0.6 is 0 Å². The first-order chi connectivity index (χ1) is 18.3. The van der Waals surface area contributed by atoms with Gasteiger partial charge in [0.05, 0.1) is 12.2 Å². The first-order valence-corrected chi connectivity index (χ1v) is 12.8. The average Bonchev–Trinajstić information content (AvgIpc) is 2.91. The summed E-state index contributed by atoms with van der Waals surface area (Å²) >= 11 is 0. The van der Waals surface area contributed by atoms with E-state index in [1.807, 2.05) is 0 Å². The van der Waals surface area contributed by atoms with Crippen LogP contribution in [0.2, 0.25) is 0 Å². The molecular weight excluding hydrogens is 496 g/mol. The molecule has 0 saturated heterocycles. The van der Waals surface area contributed by atoms with Crippen LogP contribution in [0, 0.1) is 29.2 Å². The van der Waals surface area contributed by atoms with Crippen LogP contribution in [0.15, 0.2) is 61.2 Å². The molecule has 0 radical (unpaired) electrons. The average molecular weight is 527 g/mol. The summed E-state index contributed by atoms with van der Waals surface area (Å²) in [5, 5.41) is 0. The minimum atomic E-state index is -1.23. The Bertz CT molecular complexity index is 1300. The van der Waals surface area contributed by atoms with Gasteiger partial charge in [0.25, 0.3) is 0 Å². The second-order valence-electron chi connectivity index (χ2n) is 9.72.